The first-order valence-electron chi connectivity index (χ1n) is 9.68. The van der Waals surface area contributed by atoms with Crippen molar-refractivity contribution in [2.45, 2.75) is 32.7 Å². The Morgan fingerprint density at radius 3 is 2.40 bits per heavy atom. The van der Waals surface area contributed by atoms with Gasteiger partial charge in [-0.3, -0.25) is 19.7 Å². The highest BCUT2D eigenvalue weighted by Crippen LogP contribution is 2.19. The van der Waals surface area contributed by atoms with Gasteiger partial charge < -0.3 is 5.32 Å². The highest BCUT2D eigenvalue weighted by atomic mass is 16.6. The number of hydrogen-bond donors (Lipinski definition) is 1. The van der Waals surface area contributed by atoms with Crippen molar-refractivity contribution in [3.63, 3.8) is 0 Å². The molecule has 3 rings (SSSR count). The van der Waals surface area contributed by atoms with Gasteiger partial charge in [-0.2, -0.15) is 5.10 Å². The zero-order chi connectivity index (χ0) is 21.5. The molecule has 8 nitrogen and oxygen atoms in total. The van der Waals surface area contributed by atoms with E-state index in [1.807, 2.05) is 24.3 Å². The van der Waals surface area contributed by atoms with Gasteiger partial charge in [0.2, 0.25) is 5.91 Å². The number of carbonyl (C=O) groups is 1. The number of hydrogen-bond acceptors (Lipinski definition) is 5. The van der Waals surface area contributed by atoms with Gasteiger partial charge >= 0.3 is 0 Å². The monoisotopic (exact) mass is 406 g/mol. The van der Waals surface area contributed by atoms with E-state index in [9.17, 15) is 19.7 Å². The first-order chi connectivity index (χ1) is 14.5. The summed E-state index contributed by atoms with van der Waals surface area (Å²) in [4.78, 5) is 34.8. The van der Waals surface area contributed by atoms with Crippen LogP contribution in [0.5, 0.6) is 0 Å². The number of nitro groups is 1. The number of rotatable bonds is 8. The van der Waals surface area contributed by atoms with Gasteiger partial charge in [-0.15, -0.1) is 0 Å². The Kier molecular flexibility index (Phi) is 6.69. The van der Waals surface area contributed by atoms with Crippen LogP contribution in [0.2, 0.25) is 0 Å². The molecule has 1 heterocycles. The number of anilines is 1. The smallest absolute Gasteiger partial charge is 0.269 e. The molecule has 1 amide bonds. The van der Waals surface area contributed by atoms with E-state index >= 15 is 0 Å². The average Bonchev–Trinajstić information content (AvgIpc) is 2.75. The molecule has 1 N–H and O–H groups in total. The predicted molar refractivity (Wildman–Crippen MR) is 114 cm³/mol. The van der Waals surface area contributed by atoms with E-state index in [2.05, 4.69) is 17.3 Å². The number of non-ortho nitro benzene ring substituents is 1. The van der Waals surface area contributed by atoms with Gasteiger partial charge in [-0.05, 0) is 48.7 Å². The third-order valence-corrected chi connectivity index (χ3v) is 4.59. The quantitative estimate of drug-likeness (QED) is 0.452. The average molecular weight is 406 g/mol. The van der Waals surface area contributed by atoms with Crippen LogP contribution in [0.1, 0.15) is 25.3 Å². The zero-order valence-electron chi connectivity index (χ0n) is 16.6. The molecule has 3 aromatic rings. The Morgan fingerprint density at radius 2 is 1.77 bits per heavy atom. The fraction of sp³-hybridized carbons (Fsp3) is 0.227. The van der Waals surface area contributed by atoms with E-state index in [0.29, 0.717) is 16.9 Å². The number of unbranched alkanes of at least 4 members (excludes halogenated alkanes) is 1. The number of benzene rings is 2. The molecular formula is C22H22N4O4. The lowest BCUT2D eigenvalue weighted by molar-refractivity contribution is -0.384. The maximum Gasteiger partial charge on any atom is 0.269 e. The van der Waals surface area contributed by atoms with Crippen LogP contribution in [-0.4, -0.2) is 20.6 Å². The summed E-state index contributed by atoms with van der Waals surface area (Å²) in [5.41, 5.74) is 2.47. The third kappa shape index (κ3) is 5.38. The summed E-state index contributed by atoms with van der Waals surface area (Å²) in [6.45, 7) is 1.90. The summed E-state index contributed by atoms with van der Waals surface area (Å²) < 4.78 is 1.07. The first-order valence-corrected chi connectivity index (χ1v) is 9.68. The van der Waals surface area contributed by atoms with Gasteiger partial charge in [0.1, 0.15) is 6.54 Å². The van der Waals surface area contributed by atoms with E-state index in [1.54, 1.807) is 12.1 Å². The van der Waals surface area contributed by atoms with Crippen LogP contribution in [0.3, 0.4) is 0 Å². The standard InChI is InChI=1S/C22H22N4O4/c1-2-3-4-16-5-9-18(10-6-16)23-21(27)15-25-22(28)14-13-20(24-25)17-7-11-19(12-8-17)26(29)30/h5-14H,2-4,15H2,1H3,(H,23,27). The van der Waals surface area contributed by atoms with Gasteiger partial charge in [0, 0.05) is 29.4 Å². The van der Waals surface area contributed by atoms with Crippen molar-refractivity contribution < 1.29 is 9.72 Å². The molecular weight excluding hydrogens is 384 g/mol. The van der Waals surface area contributed by atoms with Crippen LogP contribution >= 0.6 is 0 Å². The van der Waals surface area contributed by atoms with E-state index < -0.39 is 10.5 Å². The molecule has 0 spiro atoms. The molecule has 0 saturated heterocycles. The number of amides is 1. The predicted octanol–water partition coefficient (Wildman–Crippen LogP) is 3.80. The number of nitrogens with zero attached hydrogens (tertiary/aromatic N) is 3. The van der Waals surface area contributed by atoms with Crippen molar-refractivity contribution in [3.05, 3.63) is 86.7 Å². The maximum atomic E-state index is 12.4. The molecule has 0 atom stereocenters. The number of aromatic nitrogens is 2. The maximum absolute atomic E-state index is 12.4. The summed E-state index contributed by atoms with van der Waals surface area (Å²) in [6.07, 6.45) is 3.24. The lowest BCUT2D eigenvalue weighted by Gasteiger charge is -2.09. The van der Waals surface area contributed by atoms with E-state index in [0.717, 1.165) is 23.9 Å². The molecule has 30 heavy (non-hydrogen) atoms. The van der Waals surface area contributed by atoms with Crippen LogP contribution in [-0.2, 0) is 17.8 Å². The second-order valence-corrected chi connectivity index (χ2v) is 6.87. The molecule has 0 saturated carbocycles. The minimum Gasteiger partial charge on any atom is -0.324 e. The number of aryl methyl sites for hydroxylation is 1. The third-order valence-electron chi connectivity index (χ3n) is 4.59. The van der Waals surface area contributed by atoms with Gasteiger partial charge in [0.15, 0.2) is 0 Å². The Morgan fingerprint density at radius 1 is 1.07 bits per heavy atom. The molecule has 1 aromatic heterocycles. The highest BCUT2D eigenvalue weighted by Gasteiger charge is 2.10. The molecule has 2 aromatic carbocycles. The second kappa shape index (κ2) is 9.60. The molecule has 0 bridgehead atoms. The molecule has 8 heteroatoms. The molecule has 0 radical (unpaired) electrons. The highest BCUT2D eigenvalue weighted by molar-refractivity contribution is 5.90. The van der Waals surface area contributed by atoms with Crippen molar-refractivity contribution in [2.24, 2.45) is 0 Å². The molecule has 0 aliphatic rings. The molecule has 0 unspecified atom stereocenters. The zero-order valence-corrected chi connectivity index (χ0v) is 16.6. The summed E-state index contributed by atoms with van der Waals surface area (Å²) in [7, 11) is 0. The topological polar surface area (TPSA) is 107 Å². The molecule has 0 fully saturated rings. The lowest BCUT2D eigenvalue weighted by atomic mass is 10.1. The minimum absolute atomic E-state index is 0.0350. The second-order valence-electron chi connectivity index (χ2n) is 6.87. The van der Waals surface area contributed by atoms with Crippen LogP contribution in [0, 0.1) is 10.1 Å². The van der Waals surface area contributed by atoms with Crippen molar-refractivity contribution in [1.29, 1.82) is 0 Å². The van der Waals surface area contributed by atoms with E-state index in [4.69, 9.17) is 0 Å². The fourth-order valence-electron chi connectivity index (χ4n) is 2.94. The van der Waals surface area contributed by atoms with Crippen molar-refractivity contribution >= 4 is 17.3 Å². The molecule has 0 aliphatic heterocycles. The summed E-state index contributed by atoms with van der Waals surface area (Å²) >= 11 is 0. The molecule has 154 valence electrons. The number of carbonyl (C=O) groups excluding carboxylic acids is 1. The van der Waals surface area contributed by atoms with Crippen molar-refractivity contribution in [1.82, 2.24) is 9.78 Å². The Labute approximate surface area is 173 Å². The minimum atomic E-state index is -0.487. The number of nitro benzene ring substituents is 1. The Hall–Kier alpha value is -3.81. The van der Waals surface area contributed by atoms with Crippen LogP contribution in [0.25, 0.3) is 11.3 Å². The Bertz CT molecular complexity index is 1090. The van der Waals surface area contributed by atoms with Crippen LogP contribution in [0.15, 0.2) is 65.5 Å². The van der Waals surface area contributed by atoms with Crippen LogP contribution in [0.4, 0.5) is 11.4 Å². The fourth-order valence-corrected chi connectivity index (χ4v) is 2.94. The van der Waals surface area contributed by atoms with Crippen molar-refractivity contribution in [2.75, 3.05) is 5.32 Å². The number of nitrogens with one attached hydrogen (secondary N) is 1. The largest absolute Gasteiger partial charge is 0.324 e. The van der Waals surface area contributed by atoms with E-state index in [1.165, 1.54) is 29.8 Å². The van der Waals surface area contributed by atoms with Gasteiger partial charge in [0.05, 0.1) is 10.6 Å². The molecule has 0 aliphatic carbocycles. The normalized spacial score (nSPS) is 10.6. The lowest BCUT2D eigenvalue weighted by Crippen LogP contribution is -2.29. The van der Waals surface area contributed by atoms with Crippen LogP contribution < -0.4 is 10.9 Å². The van der Waals surface area contributed by atoms with E-state index in [-0.39, 0.29) is 18.1 Å². The van der Waals surface area contributed by atoms with Gasteiger partial charge in [-0.1, -0.05) is 25.5 Å². The summed E-state index contributed by atoms with van der Waals surface area (Å²) in [6, 6.07) is 16.3. The SMILES string of the molecule is CCCCc1ccc(NC(=O)Cn2nc(-c3ccc([N+](=O)[O-])cc3)ccc2=O)cc1. The Balaban J connectivity index is 1.70. The van der Waals surface area contributed by atoms with Gasteiger partial charge in [0.25, 0.3) is 11.2 Å². The van der Waals surface area contributed by atoms with Gasteiger partial charge in [-0.25, -0.2) is 4.68 Å². The first kappa shape index (κ1) is 20.9. The summed E-state index contributed by atoms with van der Waals surface area (Å²) in [5, 5.41) is 17.8. The summed E-state index contributed by atoms with van der Waals surface area (Å²) in [5.74, 6) is -0.369. The van der Waals surface area contributed by atoms with Crippen molar-refractivity contribution in [3.8, 4) is 11.3 Å².